The van der Waals surface area contributed by atoms with Crippen molar-refractivity contribution in [3.05, 3.63) is 35.4 Å². The number of halogens is 1. The van der Waals surface area contributed by atoms with Gasteiger partial charge in [0.15, 0.2) is 0 Å². The molecule has 1 amide bonds. The molecule has 1 unspecified atom stereocenters. The van der Waals surface area contributed by atoms with Crippen molar-refractivity contribution in [1.29, 1.82) is 0 Å². The van der Waals surface area contributed by atoms with Crippen molar-refractivity contribution in [3.63, 3.8) is 0 Å². The molecule has 0 aliphatic carbocycles. The Morgan fingerprint density at radius 3 is 2.50 bits per heavy atom. The third kappa shape index (κ3) is 7.48. The minimum Gasteiger partial charge on any atom is -0.371 e. The fourth-order valence-electron chi connectivity index (χ4n) is 1.48. The summed E-state index contributed by atoms with van der Waals surface area (Å²) in [6.07, 6.45) is 0. The second-order valence-electron chi connectivity index (χ2n) is 5.73. The summed E-state index contributed by atoms with van der Waals surface area (Å²) >= 11 is 0. The van der Waals surface area contributed by atoms with Gasteiger partial charge in [0, 0.05) is 6.54 Å². The van der Waals surface area contributed by atoms with E-state index < -0.39 is 6.04 Å². The first-order chi connectivity index (χ1) is 8.78. The molecule has 0 saturated heterocycles. The molecule has 0 aromatic heterocycles. The Morgan fingerprint density at radius 2 is 1.95 bits per heavy atom. The molecule has 0 aliphatic heterocycles. The fourth-order valence-corrected chi connectivity index (χ4v) is 1.48. The van der Waals surface area contributed by atoms with Gasteiger partial charge in [-0.15, -0.1) is 12.4 Å². The van der Waals surface area contributed by atoms with Crippen molar-refractivity contribution in [2.75, 3.05) is 0 Å². The Hall–Kier alpha value is -1.10. The molecule has 0 aliphatic rings. The molecule has 5 heteroatoms. The summed E-state index contributed by atoms with van der Waals surface area (Å²) in [5, 5.41) is 2.79. The molecule has 4 nitrogen and oxygen atoms in total. The van der Waals surface area contributed by atoms with Gasteiger partial charge in [-0.25, -0.2) is 0 Å². The topological polar surface area (TPSA) is 64.4 Å². The average Bonchev–Trinajstić information content (AvgIpc) is 2.33. The molecule has 20 heavy (non-hydrogen) atoms. The summed E-state index contributed by atoms with van der Waals surface area (Å²) in [5.74, 6) is -0.142. The highest BCUT2D eigenvalue weighted by atomic mass is 35.5. The largest absolute Gasteiger partial charge is 0.371 e. The van der Waals surface area contributed by atoms with Crippen molar-refractivity contribution in [3.8, 4) is 0 Å². The fraction of sp³-hybridized carbons (Fsp3) is 0.533. The van der Waals surface area contributed by atoms with E-state index in [0.717, 1.165) is 11.1 Å². The van der Waals surface area contributed by atoms with E-state index in [-0.39, 0.29) is 23.9 Å². The van der Waals surface area contributed by atoms with E-state index in [1.807, 2.05) is 45.0 Å². The normalized spacial score (nSPS) is 12.4. The lowest BCUT2D eigenvalue weighted by molar-refractivity contribution is -0.122. The highest BCUT2D eigenvalue weighted by Crippen LogP contribution is 2.13. The van der Waals surface area contributed by atoms with Crippen LogP contribution in [-0.2, 0) is 22.7 Å². The predicted molar refractivity (Wildman–Crippen MR) is 83.7 cm³/mol. The second kappa shape index (κ2) is 8.25. The number of benzene rings is 1. The molecule has 0 radical (unpaired) electrons. The van der Waals surface area contributed by atoms with Crippen LogP contribution in [0.25, 0.3) is 0 Å². The van der Waals surface area contributed by atoms with E-state index in [0.29, 0.717) is 13.2 Å². The Morgan fingerprint density at radius 1 is 1.35 bits per heavy atom. The highest BCUT2D eigenvalue weighted by Gasteiger charge is 2.10. The van der Waals surface area contributed by atoms with Gasteiger partial charge in [-0.2, -0.15) is 0 Å². The van der Waals surface area contributed by atoms with Crippen molar-refractivity contribution in [1.82, 2.24) is 5.32 Å². The van der Waals surface area contributed by atoms with Crippen LogP contribution in [0.3, 0.4) is 0 Å². The smallest absolute Gasteiger partial charge is 0.236 e. The van der Waals surface area contributed by atoms with Crippen molar-refractivity contribution in [2.45, 2.75) is 52.5 Å². The third-order valence-electron chi connectivity index (χ3n) is 2.54. The van der Waals surface area contributed by atoms with Crippen LogP contribution in [-0.4, -0.2) is 17.6 Å². The summed E-state index contributed by atoms with van der Waals surface area (Å²) in [6, 6.07) is 7.51. The van der Waals surface area contributed by atoms with E-state index in [1.54, 1.807) is 6.92 Å². The predicted octanol–water partition coefficient (Wildman–Crippen LogP) is 2.39. The minimum absolute atomic E-state index is 0. The van der Waals surface area contributed by atoms with Crippen LogP contribution in [0, 0.1) is 0 Å². The van der Waals surface area contributed by atoms with Crippen LogP contribution in [0.5, 0.6) is 0 Å². The quantitative estimate of drug-likeness (QED) is 0.877. The molecular weight excluding hydrogens is 276 g/mol. The molecule has 1 aromatic rings. The molecule has 0 saturated carbocycles. The van der Waals surface area contributed by atoms with Crippen molar-refractivity contribution in [2.24, 2.45) is 5.73 Å². The number of ether oxygens (including phenoxy) is 1. The summed E-state index contributed by atoms with van der Waals surface area (Å²) in [4.78, 5) is 11.4. The van der Waals surface area contributed by atoms with Crippen LogP contribution in [0.2, 0.25) is 0 Å². The van der Waals surface area contributed by atoms with E-state index in [1.165, 1.54) is 0 Å². The average molecular weight is 301 g/mol. The van der Waals surface area contributed by atoms with Crippen molar-refractivity contribution < 1.29 is 9.53 Å². The maximum Gasteiger partial charge on any atom is 0.236 e. The van der Waals surface area contributed by atoms with Gasteiger partial charge in [0.25, 0.3) is 0 Å². The number of hydrogen-bond donors (Lipinski definition) is 2. The Balaban J connectivity index is 0.00000361. The standard InChI is InChI=1S/C15H24N2O2.ClH/c1-11(16)14(18)17-9-12-6-5-7-13(8-12)10-19-15(2,3)4;/h5-8,11H,9-10,16H2,1-4H3,(H,17,18);1H. The first kappa shape index (κ1) is 18.9. The van der Waals surface area contributed by atoms with Crippen LogP contribution >= 0.6 is 12.4 Å². The molecule has 0 spiro atoms. The maximum atomic E-state index is 11.4. The third-order valence-corrected chi connectivity index (χ3v) is 2.54. The second-order valence-corrected chi connectivity index (χ2v) is 5.73. The van der Waals surface area contributed by atoms with Gasteiger partial charge in [0.1, 0.15) is 0 Å². The van der Waals surface area contributed by atoms with Gasteiger partial charge in [-0.1, -0.05) is 24.3 Å². The molecule has 1 aromatic carbocycles. The number of nitrogens with one attached hydrogen (secondary N) is 1. The van der Waals surface area contributed by atoms with Crippen LogP contribution in [0.15, 0.2) is 24.3 Å². The lowest BCUT2D eigenvalue weighted by atomic mass is 10.1. The summed E-state index contributed by atoms with van der Waals surface area (Å²) in [5.41, 5.74) is 7.48. The van der Waals surface area contributed by atoms with Gasteiger partial charge in [-0.05, 0) is 38.8 Å². The molecule has 0 heterocycles. The summed E-state index contributed by atoms with van der Waals surface area (Å²) in [6.45, 7) is 8.81. The Labute approximate surface area is 127 Å². The van der Waals surface area contributed by atoms with E-state index in [9.17, 15) is 4.79 Å². The zero-order valence-corrected chi connectivity index (χ0v) is 13.4. The number of rotatable bonds is 5. The van der Waals surface area contributed by atoms with E-state index in [4.69, 9.17) is 10.5 Å². The van der Waals surface area contributed by atoms with Crippen molar-refractivity contribution >= 4 is 18.3 Å². The maximum absolute atomic E-state index is 11.4. The highest BCUT2D eigenvalue weighted by molar-refractivity contribution is 5.85. The Kier molecular flexibility index (Phi) is 7.79. The molecule has 0 fully saturated rings. The van der Waals surface area contributed by atoms with Gasteiger partial charge < -0.3 is 15.8 Å². The number of carbonyl (C=O) groups is 1. The molecule has 3 N–H and O–H groups in total. The summed E-state index contributed by atoms with van der Waals surface area (Å²) < 4.78 is 5.73. The SMILES string of the molecule is CC(N)C(=O)NCc1cccc(COC(C)(C)C)c1.Cl. The number of hydrogen-bond acceptors (Lipinski definition) is 3. The van der Waals surface area contributed by atoms with E-state index in [2.05, 4.69) is 5.32 Å². The van der Waals surface area contributed by atoms with Crippen LogP contribution < -0.4 is 11.1 Å². The summed E-state index contributed by atoms with van der Waals surface area (Å²) in [7, 11) is 0. The van der Waals surface area contributed by atoms with E-state index >= 15 is 0 Å². The molecule has 1 rings (SSSR count). The van der Waals surface area contributed by atoms with Gasteiger partial charge >= 0.3 is 0 Å². The number of carbonyl (C=O) groups excluding carboxylic acids is 1. The first-order valence-corrected chi connectivity index (χ1v) is 6.53. The Bertz CT molecular complexity index is 428. The van der Waals surface area contributed by atoms with Crippen LogP contribution in [0.4, 0.5) is 0 Å². The number of amides is 1. The molecular formula is C15H25ClN2O2. The zero-order valence-electron chi connectivity index (χ0n) is 12.6. The lowest BCUT2D eigenvalue weighted by Gasteiger charge is -2.19. The van der Waals surface area contributed by atoms with Gasteiger partial charge in [0.05, 0.1) is 18.2 Å². The van der Waals surface area contributed by atoms with Gasteiger partial charge in [0.2, 0.25) is 5.91 Å². The lowest BCUT2D eigenvalue weighted by Crippen LogP contribution is -2.37. The first-order valence-electron chi connectivity index (χ1n) is 6.53. The molecule has 0 bridgehead atoms. The zero-order chi connectivity index (χ0) is 14.5. The van der Waals surface area contributed by atoms with Gasteiger partial charge in [-0.3, -0.25) is 4.79 Å². The number of nitrogens with two attached hydrogens (primary N) is 1. The van der Waals surface area contributed by atoms with Crippen LogP contribution in [0.1, 0.15) is 38.8 Å². The monoisotopic (exact) mass is 300 g/mol. The molecule has 114 valence electrons. The minimum atomic E-state index is -0.479. The molecule has 1 atom stereocenters.